The lowest BCUT2D eigenvalue weighted by atomic mass is 9.97. The summed E-state index contributed by atoms with van der Waals surface area (Å²) in [5.74, 6) is 2.71. The Morgan fingerprint density at radius 3 is 2.93 bits per heavy atom. The predicted molar refractivity (Wildman–Crippen MR) is 115 cm³/mol. The van der Waals surface area contributed by atoms with Crippen LogP contribution in [0.2, 0.25) is 0 Å². The normalized spacial score (nSPS) is 18.7. The standard InChI is InChI=1S/C24H31FN2O3/c1-26(15-19-12-22(28-2)24-23(13-19)29-17-30-24)14-18-6-5-10-27(16-18)11-9-20-7-3-4-8-21(20)25/h3-4,7-8,12-13,18H,5-6,9-11,14-17H2,1-2H3/t18-/m0/s1. The van der Waals surface area contributed by atoms with E-state index in [1.165, 1.54) is 12.8 Å². The van der Waals surface area contributed by atoms with E-state index in [0.29, 0.717) is 11.7 Å². The molecule has 0 aromatic heterocycles. The molecule has 2 aromatic carbocycles. The summed E-state index contributed by atoms with van der Waals surface area (Å²) in [7, 11) is 3.82. The van der Waals surface area contributed by atoms with Gasteiger partial charge in [-0.25, -0.2) is 4.39 Å². The van der Waals surface area contributed by atoms with Gasteiger partial charge >= 0.3 is 0 Å². The molecule has 2 heterocycles. The summed E-state index contributed by atoms with van der Waals surface area (Å²) in [6.07, 6.45) is 3.21. The van der Waals surface area contributed by atoms with Crippen molar-refractivity contribution >= 4 is 0 Å². The van der Waals surface area contributed by atoms with E-state index in [4.69, 9.17) is 14.2 Å². The van der Waals surface area contributed by atoms with Gasteiger partial charge in [0.25, 0.3) is 0 Å². The Bertz CT molecular complexity index is 860. The Morgan fingerprint density at radius 1 is 1.23 bits per heavy atom. The minimum Gasteiger partial charge on any atom is -0.493 e. The fourth-order valence-electron chi connectivity index (χ4n) is 4.58. The van der Waals surface area contributed by atoms with Crippen LogP contribution in [0.15, 0.2) is 36.4 Å². The predicted octanol–water partition coefficient (Wildman–Crippen LogP) is 3.95. The molecule has 0 N–H and O–H groups in total. The van der Waals surface area contributed by atoms with Gasteiger partial charge in [0.2, 0.25) is 12.5 Å². The molecule has 2 aliphatic heterocycles. The summed E-state index contributed by atoms with van der Waals surface area (Å²) < 4.78 is 30.4. The van der Waals surface area contributed by atoms with E-state index >= 15 is 0 Å². The van der Waals surface area contributed by atoms with Gasteiger partial charge in [-0.3, -0.25) is 0 Å². The highest BCUT2D eigenvalue weighted by atomic mass is 19.1. The van der Waals surface area contributed by atoms with Crippen LogP contribution in [0.1, 0.15) is 24.0 Å². The quantitative estimate of drug-likeness (QED) is 0.653. The zero-order valence-corrected chi connectivity index (χ0v) is 17.9. The Hall–Kier alpha value is -2.31. The Kier molecular flexibility index (Phi) is 6.75. The monoisotopic (exact) mass is 414 g/mol. The van der Waals surface area contributed by atoms with Gasteiger partial charge in [-0.1, -0.05) is 18.2 Å². The minimum absolute atomic E-state index is 0.0926. The molecule has 0 unspecified atom stereocenters. The van der Waals surface area contributed by atoms with Crippen molar-refractivity contribution < 1.29 is 18.6 Å². The fourth-order valence-corrected chi connectivity index (χ4v) is 4.58. The highest BCUT2D eigenvalue weighted by molar-refractivity contribution is 5.55. The van der Waals surface area contributed by atoms with Crippen molar-refractivity contribution in [2.24, 2.45) is 5.92 Å². The first-order chi connectivity index (χ1) is 14.6. The molecule has 2 aromatic rings. The third-order valence-electron chi connectivity index (χ3n) is 6.00. The van der Waals surface area contributed by atoms with Crippen molar-refractivity contribution in [3.63, 3.8) is 0 Å². The van der Waals surface area contributed by atoms with Crippen LogP contribution in [0.4, 0.5) is 4.39 Å². The van der Waals surface area contributed by atoms with E-state index < -0.39 is 0 Å². The molecule has 0 amide bonds. The summed E-state index contributed by atoms with van der Waals surface area (Å²) in [6.45, 7) is 5.21. The highest BCUT2D eigenvalue weighted by Gasteiger charge is 2.23. The van der Waals surface area contributed by atoms with Crippen LogP contribution in [-0.2, 0) is 13.0 Å². The van der Waals surface area contributed by atoms with E-state index in [9.17, 15) is 4.39 Å². The Morgan fingerprint density at radius 2 is 2.10 bits per heavy atom. The maximum atomic E-state index is 13.9. The number of benzene rings is 2. The summed E-state index contributed by atoms with van der Waals surface area (Å²) in [4.78, 5) is 4.85. The maximum Gasteiger partial charge on any atom is 0.231 e. The smallest absolute Gasteiger partial charge is 0.231 e. The minimum atomic E-state index is -0.0926. The lowest BCUT2D eigenvalue weighted by Gasteiger charge is -2.34. The van der Waals surface area contributed by atoms with Crippen LogP contribution >= 0.6 is 0 Å². The van der Waals surface area contributed by atoms with Gasteiger partial charge in [0.15, 0.2) is 11.5 Å². The summed E-state index contributed by atoms with van der Waals surface area (Å²) in [5, 5.41) is 0. The lowest BCUT2D eigenvalue weighted by Crippen LogP contribution is -2.40. The first-order valence-electron chi connectivity index (χ1n) is 10.7. The molecular weight excluding hydrogens is 383 g/mol. The molecule has 4 rings (SSSR count). The molecule has 0 spiro atoms. The van der Waals surface area contributed by atoms with Gasteiger partial charge in [-0.2, -0.15) is 0 Å². The Balaban J connectivity index is 1.29. The molecule has 5 nitrogen and oxygen atoms in total. The number of ether oxygens (including phenoxy) is 3. The molecule has 0 radical (unpaired) electrons. The molecule has 162 valence electrons. The van der Waals surface area contributed by atoms with Crippen molar-refractivity contribution in [1.29, 1.82) is 0 Å². The molecule has 6 heteroatoms. The van der Waals surface area contributed by atoms with Crippen LogP contribution in [0.25, 0.3) is 0 Å². The second kappa shape index (κ2) is 9.67. The van der Waals surface area contributed by atoms with Gasteiger partial charge in [0.05, 0.1) is 7.11 Å². The summed E-state index contributed by atoms with van der Waals surface area (Å²) >= 11 is 0. The van der Waals surface area contributed by atoms with Crippen LogP contribution in [0.5, 0.6) is 17.2 Å². The number of piperidine rings is 1. The number of methoxy groups -OCH3 is 1. The number of halogens is 1. The van der Waals surface area contributed by atoms with E-state index in [-0.39, 0.29) is 12.6 Å². The number of nitrogens with zero attached hydrogens (tertiary/aromatic N) is 2. The molecule has 1 fully saturated rings. The maximum absolute atomic E-state index is 13.9. The van der Waals surface area contributed by atoms with Crippen molar-refractivity contribution in [3.8, 4) is 17.2 Å². The molecule has 0 aliphatic carbocycles. The van der Waals surface area contributed by atoms with Crippen molar-refractivity contribution in [2.75, 3.05) is 47.1 Å². The zero-order valence-electron chi connectivity index (χ0n) is 17.9. The van der Waals surface area contributed by atoms with Crippen LogP contribution in [0, 0.1) is 11.7 Å². The average Bonchev–Trinajstić information content (AvgIpc) is 3.21. The first kappa shape index (κ1) is 20.9. The summed E-state index contributed by atoms with van der Waals surface area (Å²) in [5.41, 5.74) is 1.97. The average molecular weight is 415 g/mol. The lowest BCUT2D eigenvalue weighted by molar-refractivity contribution is 0.142. The topological polar surface area (TPSA) is 34.2 Å². The Labute approximate surface area is 178 Å². The third-order valence-corrected chi connectivity index (χ3v) is 6.00. The van der Waals surface area contributed by atoms with Crippen LogP contribution < -0.4 is 14.2 Å². The van der Waals surface area contributed by atoms with Gasteiger partial charge in [-0.15, -0.1) is 0 Å². The molecule has 1 atom stereocenters. The summed E-state index contributed by atoms with van der Waals surface area (Å²) in [6, 6.07) is 11.2. The molecule has 1 saturated heterocycles. The van der Waals surface area contributed by atoms with Gasteiger partial charge in [0, 0.05) is 26.2 Å². The first-order valence-corrected chi connectivity index (χ1v) is 10.7. The number of fused-ring (bicyclic) bond motifs is 1. The van der Waals surface area contributed by atoms with E-state index in [0.717, 1.165) is 61.8 Å². The number of hydrogen-bond donors (Lipinski definition) is 0. The van der Waals surface area contributed by atoms with E-state index in [2.05, 4.69) is 16.8 Å². The third kappa shape index (κ3) is 5.05. The zero-order chi connectivity index (χ0) is 20.9. The second-order valence-corrected chi connectivity index (χ2v) is 8.38. The molecule has 0 saturated carbocycles. The van der Waals surface area contributed by atoms with Crippen LogP contribution in [0.3, 0.4) is 0 Å². The number of rotatable bonds is 8. The van der Waals surface area contributed by atoms with Crippen molar-refractivity contribution in [3.05, 3.63) is 53.3 Å². The molecule has 30 heavy (non-hydrogen) atoms. The molecule has 2 aliphatic rings. The van der Waals surface area contributed by atoms with Gasteiger partial charge in [-0.05, 0) is 68.1 Å². The molecule has 0 bridgehead atoms. The number of likely N-dealkylation sites (tertiary alicyclic amines) is 1. The molecular formula is C24H31FN2O3. The highest BCUT2D eigenvalue weighted by Crippen LogP contribution is 2.42. The second-order valence-electron chi connectivity index (χ2n) is 8.38. The largest absolute Gasteiger partial charge is 0.493 e. The SMILES string of the molecule is COc1cc(CN(C)C[C@@H]2CCCN(CCc3ccccc3F)C2)cc2c1OCO2. The van der Waals surface area contributed by atoms with Gasteiger partial charge in [0.1, 0.15) is 5.82 Å². The van der Waals surface area contributed by atoms with Crippen LogP contribution in [-0.4, -0.2) is 56.9 Å². The van der Waals surface area contributed by atoms with E-state index in [1.54, 1.807) is 19.2 Å². The van der Waals surface area contributed by atoms with Crippen molar-refractivity contribution in [2.45, 2.75) is 25.8 Å². The fraction of sp³-hybridized carbons (Fsp3) is 0.500. The van der Waals surface area contributed by atoms with Gasteiger partial charge < -0.3 is 24.0 Å². The van der Waals surface area contributed by atoms with Crippen molar-refractivity contribution in [1.82, 2.24) is 9.80 Å². The van der Waals surface area contributed by atoms with E-state index in [1.807, 2.05) is 24.3 Å². The number of hydrogen-bond acceptors (Lipinski definition) is 5.